The van der Waals surface area contributed by atoms with Crippen LogP contribution >= 0.6 is 23.2 Å². The van der Waals surface area contributed by atoms with Crippen LogP contribution in [0, 0.1) is 45.7 Å². The van der Waals surface area contributed by atoms with Gasteiger partial charge in [0.2, 0.25) is 0 Å². The highest BCUT2D eigenvalue weighted by molar-refractivity contribution is 6.18. The molecule has 2 unspecified atom stereocenters. The maximum absolute atomic E-state index is 13.9. The van der Waals surface area contributed by atoms with Crippen LogP contribution in [-0.4, -0.2) is 68.0 Å². The summed E-state index contributed by atoms with van der Waals surface area (Å²) < 4.78 is 38.5. The Bertz CT molecular complexity index is 1920. The number of nitrogens with one attached hydrogen (secondary N) is 2. The van der Waals surface area contributed by atoms with E-state index in [2.05, 4.69) is 10.6 Å². The molecule has 14 nitrogen and oxygen atoms in total. The zero-order valence-corrected chi connectivity index (χ0v) is 32.2. The molecule has 4 N–H and O–H groups in total. The predicted molar refractivity (Wildman–Crippen MR) is 207 cm³/mol. The zero-order valence-electron chi connectivity index (χ0n) is 30.7. The Hall–Kier alpha value is -5.42. The molecule has 300 valence electrons. The molecule has 0 radical (unpaired) electrons. The number of rotatable bonds is 16. The van der Waals surface area contributed by atoms with Crippen LogP contribution in [0.2, 0.25) is 0 Å². The molecule has 0 spiro atoms. The molecule has 4 aromatic carbocycles. The van der Waals surface area contributed by atoms with E-state index in [1.165, 1.54) is 88.4 Å². The van der Waals surface area contributed by atoms with Crippen molar-refractivity contribution in [2.24, 2.45) is 0 Å². The van der Waals surface area contributed by atoms with Crippen molar-refractivity contribution in [3.63, 3.8) is 0 Å². The van der Waals surface area contributed by atoms with Crippen LogP contribution in [0.1, 0.15) is 36.1 Å². The van der Waals surface area contributed by atoms with Crippen LogP contribution in [0.15, 0.2) is 72.8 Å². The molecule has 18 heteroatoms. The van der Waals surface area contributed by atoms with E-state index in [1.807, 2.05) is 0 Å². The van der Waals surface area contributed by atoms with Gasteiger partial charge in [0.25, 0.3) is 23.2 Å². The van der Waals surface area contributed by atoms with Crippen molar-refractivity contribution >= 4 is 57.8 Å². The lowest BCUT2D eigenvalue weighted by Crippen LogP contribution is -2.45. The number of aryl methyl sites for hydroxylation is 4. The summed E-state index contributed by atoms with van der Waals surface area (Å²) in [6, 6.07) is 16.6. The lowest BCUT2D eigenvalue weighted by atomic mass is 10.1. The molecule has 0 aromatic heterocycles. The fraction of sp³-hybridized carbons (Fsp3) is 0.316. The highest BCUT2D eigenvalue weighted by Gasteiger charge is 2.33. The molecule has 0 heterocycles. The summed E-state index contributed by atoms with van der Waals surface area (Å²) in [5.41, 5.74) is -1.77. The highest BCUT2D eigenvalue weighted by atomic mass is 35.5. The number of nitrogens with zero attached hydrogens (tertiary/aromatic N) is 2. The minimum Gasteiger partial charge on any atom is -0.490 e. The predicted octanol–water partition coefficient (Wildman–Crippen LogP) is 7.18. The number of carbonyl (C=O) groups excluding carboxylic acids is 2. The average Bonchev–Trinajstić information content (AvgIpc) is 3.12. The van der Waals surface area contributed by atoms with Crippen molar-refractivity contribution in [2.45, 2.75) is 51.7 Å². The minimum absolute atomic E-state index is 0.0762. The summed E-state index contributed by atoms with van der Waals surface area (Å²) in [5.74, 6) is -1.60. The number of nitro benzene ring substituents is 2. The molecule has 56 heavy (non-hydrogen) atoms. The Labute approximate surface area is 330 Å². The van der Waals surface area contributed by atoms with Crippen molar-refractivity contribution in [1.82, 2.24) is 0 Å². The van der Waals surface area contributed by atoms with Gasteiger partial charge in [-0.15, -0.1) is 23.2 Å². The lowest BCUT2D eigenvalue weighted by Gasteiger charge is -2.23. The van der Waals surface area contributed by atoms with Gasteiger partial charge >= 0.3 is 0 Å². The number of alkyl halides is 2. The molecular weight excluding hydrogens is 781 g/mol. The van der Waals surface area contributed by atoms with Gasteiger partial charge in [0.15, 0.2) is 11.2 Å². The number of nitro groups is 2. The van der Waals surface area contributed by atoms with Crippen LogP contribution < -0.4 is 20.1 Å². The molecule has 0 saturated heterocycles. The fourth-order valence-corrected chi connectivity index (χ4v) is 5.24. The zero-order chi connectivity index (χ0) is 41.8. The maximum Gasteiger partial charge on any atom is 0.272 e. The van der Waals surface area contributed by atoms with Crippen molar-refractivity contribution in [2.75, 3.05) is 35.6 Å². The molecule has 0 bridgehead atoms. The Morgan fingerprint density at radius 1 is 0.679 bits per heavy atom. The number of aliphatic hydroxyl groups is 2. The number of benzene rings is 4. The van der Waals surface area contributed by atoms with E-state index in [0.29, 0.717) is 46.5 Å². The van der Waals surface area contributed by atoms with Crippen molar-refractivity contribution in [3.05, 3.63) is 127 Å². The van der Waals surface area contributed by atoms with Crippen molar-refractivity contribution < 1.29 is 47.9 Å². The van der Waals surface area contributed by atoms with E-state index < -0.39 is 57.7 Å². The van der Waals surface area contributed by atoms with Gasteiger partial charge in [-0.05, 0) is 88.1 Å². The third-order valence-electron chi connectivity index (χ3n) is 8.10. The largest absolute Gasteiger partial charge is 0.490 e. The van der Waals surface area contributed by atoms with Gasteiger partial charge < -0.3 is 30.3 Å². The van der Waals surface area contributed by atoms with E-state index in [0.717, 1.165) is 12.1 Å². The quantitative estimate of drug-likeness (QED) is 0.0509. The van der Waals surface area contributed by atoms with Crippen molar-refractivity contribution in [1.29, 1.82) is 0 Å². The summed E-state index contributed by atoms with van der Waals surface area (Å²) in [4.78, 5) is 45.3. The Kier molecular flexibility index (Phi) is 16.0. The molecule has 0 saturated carbocycles. The van der Waals surface area contributed by atoms with E-state index >= 15 is 0 Å². The molecule has 0 fully saturated rings. The standard InChI is InChI=1S/2C19H20ClFN2O5/c2*1-12-9-14(4-6-17(12)23(26)27)22-18(24)19(2,25)11-28-15-5-3-13(7-8-20)16(21)10-15/h2*3-6,9-10,25H,7-8,11H2,1-2H3,(H,22,24). The van der Waals surface area contributed by atoms with Crippen LogP contribution in [0.3, 0.4) is 0 Å². The number of carbonyl (C=O) groups is 2. The highest BCUT2D eigenvalue weighted by Crippen LogP contribution is 2.25. The van der Waals surface area contributed by atoms with Crippen LogP contribution in [0.5, 0.6) is 11.5 Å². The van der Waals surface area contributed by atoms with Crippen LogP contribution in [0.4, 0.5) is 31.5 Å². The number of hydrogen-bond donors (Lipinski definition) is 4. The molecule has 0 aliphatic rings. The van der Waals surface area contributed by atoms with E-state index in [9.17, 15) is 48.8 Å². The molecule has 2 amide bonds. The van der Waals surface area contributed by atoms with Crippen LogP contribution in [0.25, 0.3) is 0 Å². The maximum atomic E-state index is 13.9. The second kappa shape index (κ2) is 20.0. The molecule has 4 rings (SSSR count). The van der Waals surface area contributed by atoms with E-state index in [-0.39, 0.29) is 34.6 Å². The molecule has 2 atom stereocenters. The fourth-order valence-electron chi connectivity index (χ4n) is 4.83. The van der Waals surface area contributed by atoms with E-state index in [1.54, 1.807) is 0 Å². The molecule has 0 aliphatic carbocycles. The van der Waals surface area contributed by atoms with Gasteiger partial charge in [-0.2, -0.15) is 0 Å². The second-order valence-corrected chi connectivity index (χ2v) is 13.7. The normalized spacial score (nSPS) is 12.9. The lowest BCUT2D eigenvalue weighted by molar-refractivity contribution is -0.385. The minimum atomic E-state index is -1.92. The first-order valence-electron chi connectivity index (χ1n) is 16.8. The third-order valence-corrected chi connectivity index (χ3v) is 8.48. The Balaban J connectivity index is 0.000000300. The first-order valence-corrected chi connectivity index (χ1v) is 17.9. The SMILES string of the molecule is Cc1cc(NC(=O)C(C)(O)COc2ccc(CCCl)c(F)c2)ccc1[N+](=O)[O-].Cc1cc(NC(=O)C(C)(O)COc2ccc(CCCl)c(F)c2)ccc1[N+](=O)[O-]. The monoisotopic (exact) mass is 820 g/mol. The van der Waals surface area contributed by atoms with Crippen LogP contribution in [-0.2, 0) is 22.4 Å². The van der Waals surface area contributed by atoms with Gasteiger partial charge in [-0.25, -0.2) is 8.78 Å². The molecular formula is C38H40Cl2F2N4O10. The number of anilines is 2. The summed E-state index contributed by atoms with van der Waals surface area (Å²) in [7, 11) is 0. The summed E-state index contributed by atoms with van der Waals surface area (Å²) in [6.07, 6.45) is 0.755. The second-order valence-electron chi connectivity index (χ2n) is 12.9. The van der Waals surface area contributed by atoms with Gasteiger partial charge in [-0.3, -0.25) is 29.8 Å². The summed E-state index contributed by atoms with van der Waals surface area (Å²) in [6.45, 7) is 4.74. The van der Waals surface area contributed by atoms with E-state index in [4.69, 9.17) is 32.7 Å². The third kappa shape index (κ3) is 12.8. The number of ether oxygens (including phenoxy) is 2. The average molecular weight is 822 g/mol. The van der Waals surface area contributed by atoms with Gasteiger partial charge in [-0.1, -0.05) is 12.1 Å². The first-order chi connectivity index (χ1) is 26.3. The van der Waals surface area contributed by atoms with Gasteiger partial charge in [0.1, 0.15) is 36.3 Å². The van der Waals surface area contributed by atoms with Gasteiger partial charge in [0.05, 0.1) is 9.85 Å². The van der Waals surface area contributed by atoms with Gasteiger partial charge in [0, 0.05) is 58.5 Å². The van der Waals surface area contributed by atoms with Crippen molar-refractivity contribution in [3.8, 4) is 11.5 Å². The molecule has 4 aromatic rings. The number of halogens is 4. The number of amides is 2. The molecule has 0 aliphatic heterocycles. The topological polar surface area (TPSA) is 203 Å². The Morgan fingerprint density at radius 3 is 1.32 bits per heavy atom. The summed E-state index contributed by atoms with van der Waals surface area (Å²) >= 11 is 11.2. The number of hydrogen-bond acceptors (Lipinski definition) is 10. The smallest absolute Gasteiger partial charge is 0.272 e. The first kappa shape index (κ1) is 45.0. The summed E-state index contributed by atoms with van der Waals surface area (Å²) in [5, 5.41) is 47.4. The Morgan fingerprint density at radius 2 is 1.04 bits per heavy atom.